The van der Waals surface area contributed by atoms with Gasteiger partial charge in [-0.05, 0) is 94.5 Å². The van der Waals surface area contributed by atoms with Crippen LogP contribution < -0.4 is 24.4 Å². The summed E-state index contributed by atoms with van der Waals surface area (Å²) < 4.78 is 21.4. The standard InChI is InChI=1S/C36H30Br2N2O5S/c1-4-43-29-18-23(17-28(38)33(29)45-20-22-13-15-25(37)16-14-22)19-30-34(41)40-32(27-12-8-10-24-9-6-7-11-26(24)27)31(35(42)44-5-2)21(3)39-36(40)46-30/h6-19,32H,4-5,20H2,1-3H3/b30-19+/t32-/m1/s1. The highest BCUT2D eigenvalue weighted by molar-refractivity contribution is 9.10. The van der Waals surface area contributed by atoms with Gasteiger partial charge in [-0.2, -0.15) is 0 Å². The largest absolute Gasteiger partial charge is 0.490 e. The molecular weight excluding hydrogens is 732 g/mol. The van der Waals surface area contributed by atoms with Crippen LogP contribution in [0.1, 0.15) is 43.5 Å². The molecule has 1 aliphatic rings. The molecule has 1 aromatic heterocycles. The zero-order valence-corrected chi connectivity index (χ0v) is 29.4. The number of rotatable bonds is 9. The maximum Gasteiger partial charge on any atom is 0.338 e. The zero-order valence-electron chi connectivity index (χ0n) is 25.4. The number of allylic oxidation sites excluding steroid dienone is 1. The average molecular weight is 763 g/mol. The lowest BCUT2D eigenvalue weighted by atomic mass is 9.91. The Balaban J connectivity index is 1.46. The van der Waals surface area contributed by atoms with Gasteiger partial charge in [-0.15, -0.1) is 0 Å². The number of halogens is 2. The second kappa shape index (κ2) is 13.8. The average Bonchev–Trinajstić information content (AvgIpc) is 3.34. The van der Waals surface area contributed by atoms with Crippen molar-refractivity contribution in [2.45, 2.75) is 33.4 Å². The SMILES string of the molecule is CCOC(=O)C1=C(C)N=c2s/c(=C/c3cc(Br)c(OCc4ccc(Br)cc4)c(OCC)c3)c(=O)n2[C@@H]1c1cccc2ccccc12. The van der Waals surface area contributed by atoms with E-state index in [2.05, 4.69) is 31.9 Å². The number of hydrogen-bond acceptors (Lipinski definition) is 7. The Kier molecular flexibility index (Phi) is 9.58. The molecule has 0 amide bonds. The van der Waals surface area contributed by atoms with E-state index >= 15 is 0 Å². The van der Waals surface area contributed by atoms with Gasteiger partial charge >= 0.3 is 5.97 Å². The molecule has 0 saturated carbocycles. The van der Waals surface area contributed by atoms with Crippen molar-refractivity contribution in [2.75, 3.05) is 13.2 Å². The van der Waals surface area contributed by atoms with Crippen molar-refractivity contribution in [3.63, 3.8) is 0 Å². The molecule has 0 unspecified atom stereocenters. The topological polar surface area (TPSA) is 79.1 Å². The Hall–Kier alpha value is -3.99. The van der Waals surface area contributed by atoms with Crippen LogP contribution in [0.5, 0.6) is 11.5 Å². The van der Waals surface area contributed by atoms with Crippen molar-refractivity contribution < 1.29 is 19.0 Å². The molecular formula is C36H30Br2N2O5S. The van der Waals surface area contributed by atoms with Crippen LogP contribution in [0.4, 0.5) is 0 Å². The summed E-state index contributed by atoms with van der Waals surface area (Å²) in [7, 11) is 0. The van der Waals surface area contributed by atoms with Crippen LogP contribution in [0.2, 0.25) is 0 Å². The van der Waals surface area contributed by atoms with E-state index in [0.29, 0.717) is 49.8 Å². The van der Waals surface area contributed by atoms with E-state index in [-0.39, 0.29) is 12.2 Å². The molecule has 6 rings (SSSR count). The van der Waals surface area contributed by atoms with Crippen molar-refractivity contribution in [1.29, 1.82) is 0 Å². The second-order valence-corrected chi connectivity index (χ2v) is 13.3. The van der Waals surface area contributed by atoms with E-state index in [4.69, 9.17) is 19.2 Å². The normalized spacial score (nSPS) is 14.6. The summed E-state index contributed by atoms with van der Waals surface area (Å²) in [6.45, 7) is 6.48. The van der Waals surface area contributed by atoms with Gasteiger partial charge in [0.05, 0.1) is 39.5 Å². The van der Waals surface area contributed by atoms with E-state index < -0.39 is 12.0 Å². The minimum absolute atomic E-state index is 0.210. The summed E-state index contributed by atoms with van der Waals surface area (Å²) in [4.78, 5) is 32.9. The summed E-state index contributed by atoms with van der Waals surface area (Å²) in [5.41, 5.74) is 3.22. The number of fused-ring (bicyclic) bond motifs is 2. The second-order valence-electron chi connectivity index (χ2n) is 10.5. The molecule has 5 aromatic rings. The van der Waals surface area contributed by atoms with Crippen LogP contribution in [0, 0.1) is 0 Å². The number of ether oxygens (including phenoxy) is 3. The molecule has 234 valence electrons. The minimum atomic E-state index is -0.705. The fourth-order valence-corrected chi connectivity index (χ4v) is 7.42. The van der Waals surface area contributed by atoms with Gasteiger partial charge in [-0.3, -0.25) is 9.36 Å². The van der Waals surface area contributed by atoms with E-state index in [9.17, 15) is 9.59 Å². The van der Waals surface area contributed by atoms with Crippen LogP contribution in [0.25, 0.3) is 16.8 Å². The summed E-state index contributed by atoms with van der Waals surface area (Å²) in [6.07, 6.45) is 1.82. The number of hydrogen-bond donors (Lipinski definition) is 0. The predicted octanol–water partition coefficient (Wildman–Crippen LogP) is 7.45. The molecule has 0 spiro atoms. The number of carbonyl (C=O) groups excluding carboxylic acids is 1. The Morgan fingerprint density at radius 1 is 0.978 bits per heavy atom. The first-order valence-electron chi connectivity index (χ1n) is 14.8. The van der Waals surface area contributed by atoms with Gasteiger partial charge in [0.15, 0.2) is 16.3 Å². The highest BCUT2D eigenvalue weighted by atomic mass is 79.9. The van der Waals surface area contributed by atoms with Crippen molar-refractivity contribution >= 4 is 66.0 Å². The zero-order chi connectivity index (χ0) is 32.4. The lowest BCUT2D eigenvalue weighted by molar-refractivity contribution is -0.139. The lowest BCUT2D eigenvalue weighted by Gasteiger charge is -2.25. The molecule has 0 N–H and O–H groups in total. The van der Waals surface area contributed by atoms with E-state index in [1.54, 1.807) is 18.4 Å². The molecule has 0 fully saturated rings. The van der Waals surface area contributed by atoms with Crippen molar-refractivity contribution in [2.24, 2.45) is 4.99 Å². The maximum atomic E-state index is 14.3. The minimum Gasteiger partial charge on any atom is -0.490 e. The lowest BCUT2D eigenvalue weighted by Crippen LogP contribution is -2.40. The maximum absolute atomic E-state index is 14.3. The molecule has 46 heavy (non-hydrogen) atoms. The predicted molar refractivity (Wildman–Crippen MR) is 188 cm³/mol. The van der Waals surface area contributed by atoms with Gasteiger partial charge in [0.25, 0.3) is 5.56 Å². The third kappa shape index (κ3) is 6.34. The van der Waals surface area contributed by atoms with Crippen LogP contribution in [-0.2, 0) is 16.1 Å². The first kappa shape index (κ1) is 32.0. The van der Waals surface area contributed by atoms with E-state index in [1.807, 2.05) is 91.9 Å². The summed E-state index contributed by atoms with van der Waals surface area (Å²) in [5, 5.41) is 1.96. The van der Waals surface area contributed by atoms with Crippen LogP contribution in [0.3, 0.4) is 0 Å². The molecule has 0 aliphatic carbocycles. The molecule has 0 radical (unpaired) electrons. The Morgan fingerprint density at radius 3 is 2.50 bits per heavy atom. The third-order valence-corrected chi connectivity index (χ3v) is 9.66. The van der Waals surface area contributed by atoms with Gasteiger partial charge in [0.2, 0.25) is 0 Å². The fraction of sp³-hybridized carbons (Fsp3) is 0.194. The number of nitrogens with zero attached hydrogens (tertiary/aromatic N) is 2. The van der Waals surface area contributed by atoms with Crippen molar-refractivity contribution in [1.82, 2.24) is 4.57 Å². The van der Waals surface area contributed by atoms with Gasteiger partial charge in [-0.1, -0.05) is 81.9 Å². The molecule has 0 bridgehead atoms. The highest BCUT2D eigenvalue weighted by Gasteiger charge is 2.34. The van der Waals surface area contributed by atoms with Crippen molar-refractivity contribution in [3.05, 3.63) is 135 Å². The Morgan fingerprint density at radius 2 is 1.74 bits per heavy atom. The number of carbonyl (C=O) groups is 1. The first-order chi connectivity index (χ1) is 22.3. The quantitative estimate of drug-likeness (QED) is 0.146. The van der Waals surface area contributed by atoms with Crippen molar-refractivity contribution in [3.8, 4) is 11.5 Å². The first-order valence-corrected chi connectivity index (χ1v) is 17.2. The fourth-order valence-electron chi connectivity index (χ4n) is 5.54. The summed E-state index contributed by atoms with van der Waals surface area (Å²) >= 11 is 8.41. The molecule has 10 heteroatoms. The molecule has 1 atom stereocenters. The third-order valence-electron chi connectivity index (χ3n) is 7.56. The molecule has 0 saturated heterocycles. The number of aromatic nitrogens is 1. The van der Waals surface area contributed by atoms with Crippen LogP contribution >= 0.6 is 43.2 Å². The van der Waals surface area contributed by atoms with Gasteiger partial charge in [-0.25, -0.2) is 9.79 Å². The molecule has 2 heterocycles. The number of thiazole rings is 1. The smallest absolute Gasteiger partial charge is 0.338 e. The summed E-state index contributed by atoms with van der Waals surface area (Å²) in [5.74, 6) is 0.649. The summed E-state index contributed by atoms with van der Waals surface area (Å²) in [6, 6.07) is 24.8. The molecule has 1 aliphatic heterocycles. The van der Waals surface area contributed by atoms with Gasteiger partial charge in [0, 0.05) is 4.47 Å². The Bertz CT molecular complexity index is 2160. The van der Waals surface area contributed by atoms with Gasteiger partial charge < -0.3 is 14.2 Å². The molecule has 7 nitrogen and oxygen atoms in total. The number of benzene rings is 4. The number of esters is 1. The Labute approximate surface area is 286 Å². The van der Waals surface area contributed by atoms with E-state index in [0.717, 1.165) is 31.9 Å². The monoisotopic (exact) mass is 760 g/mol. The van der Waals surface area contributed by atoms with Gasteiger partial charge in [0.1, 0.15) is 6.61 Å². The van der Waals surface area contributed by atoms with Crippen LogP contribution in [0.15, 0.2) is 109 Å². The van der Waals surface area contributed by atoms with E-state index in [1.165, 1.54) is 11.3 Å². The molecule has 4 aromatic carbocycles. The highest BCUT2D eigenvalue weighted by Crippen LogP contribution is 2.38. The van der Waals surface area contributed by atoms with Crippen LogP contribution in [-0.4, -0.2) is 23.8 Å².